The van der Waals surface area contributed by atoms with Crippen molar-refractivity contribution in [3.8, 4) is 10.6 Å². The van der Waals surface area contributed by atoms with Gasteiger partial charge in [0, 0.05) is 11.8 Å². The van der Waals surface area contributed by atoms with Crippen molar-refractivity contribution in [1.82, 2.24) is 10.2 Å². The minimum absolute atomic E-state index is 0.0958. The molecule has 0 saturated heterocycles. The molecule has 0 spiro atoms. The average molecular weight is 297 g/mol. The largest absolute Gasteiger partial charge is 0.322 e. The zero-order valence-corrected chi connectivity index (χ0v) is 12.3. The lowest BCUT2D eigenvalue weighted by Gasteiger charge is -2.01. The Balaban J connectivity index is 2.30. The molecule has 5 nitrogen and oxygen atoms in total. The fraction of sp³-hybridized carbons (Fsp3) is 0.333. The van der Waals surface area contributed by atoms with Crippen molar-refractivity contribution in [3.63, 3.8) is 0 Å². The van der Waals surface area contributed by atoms with Crippen LogP contribution >= 0.6 is 11.3 Å². The summed E-state index contributed by atoms with van der Waals surface area (Å²) in [6, 6.07) is 6.52. The summed E-state index contributed by atoms with van der Waals surface area (Å²) in [5.41, 5.74) is 6.74. The molecule has 0 bridgehead atoms. The van der Waals surface area contributed by atoms with Gasteiger partial charge in [-0.25, -0.2) is 8.42 Å². The third-order valence-corrected chi connectivity index (χ3v) is 4.96. The molecule has 102 valence electrons. The zero-order chi connectivity index (χ0) is 14.0. The number of nitrogens with two attached hydrogens (primary N) is 1. The van der Waals surface area contributed by atoms with Crippen LogP contribution in [0.4, 0.5) is 0 Å². The summed E-state index contributed by atoms with van der Waals surface area (Å²) in [4.78, 5) is 0.297. The molecule has 1 aromatic heterocycles. The number of hydrogen-bond acceptors (Lipinski definition) is 6. The lowest BCUT2D eigenvalue weighted by molar-refractivity contribution is 0.602. The van der Waals surface area contributed by atoms with Crippen LogP contribution in [0, 0.1) is 0 Å². The van der Waals surface area contributed by atoms with Gasteiger partial charge in [-0.05, 0) is 18.6 Å². The van der Waals surface area contributed by atoms with Crippen molar-refractivity contribution >= 4 is 21.2 Å². The minimum atomic E-state index is -3.17. The molecule has 2 N–H and O–H groups in total. The topological polar surface area (TPSA) is 85.9 Å². The van der Waals surface area contributed by atoms with E-state index in [0.29, 0.717) is 4.90 Å². The van der Waals surface area contributed by atoms with Crippen molar-refractivity contribution in [2.24, 2.45) is 5.73 Å². The summed E-state index contributed by atoms with van der Waals surface area (Å²) in [7, 11) is -3.17. The maximum Gasteiger partial charge on any atom is 0.175 e. The summed E-state index contributed by atoms with van der Waals surface area (Å²) < 4.78 is 22.7. The van der Waals surface area contributed by atoms with E-state index in [-0.39, 0.29) is 6.04 Å². The highest BCUT2D eigenvalue weighted by molar-refractivity contribution is 7.90. The van der Waals surface area contributed by atoms with Gasteiger partial charge in [0.25, 0.3) is 0 Å². The number of hydrogen-bond donors (Lipinski definition) is 1. The molecule has 0 fully saturated rings. The van der Waals surface area contributed by atoms with Crippen molar-refractivity contribution < 1.29 is 8.42 Å². The third-order valence-electron chi connectivity index (χ3n) is 2.73. The van der Waals surface area contributed by atoms with Gasteiger partial charge >= 0.3 is 0 Å². The van der Waals surface area contributed by atoms with E-state index in [2.05, 4.69) is 10.2 Å². The Morgan fingerprint density at radius 1 is 1.26 bits per heavy atom. The third kappa shape index (κ3) is 3.17. The quantitative estimate of drug-likeness (QED) is 0.933. The second-order valence-corrected chi connectivity index (χ2v) is 7.28. The van der Waals surface area contributed by atoms with Gasteiger partial charge in [-0.2, -0.15) is 0 Å². The van der Waals surface area contributed by atoms with Gasteiger partial charge in [0.2, 0.25) is 0 Å². The van der Waals surface area contributed by atoms with Crippen LogP contribution in [0.25, 0.3) is 10.6 Å². The molecule has 2 rings (SSSR count). The van der Waals surface area contributed by atoms with Gasteiger partial charge in [0.15, 0.2) is 9.84 Å². The number of sulfone groups is 1. The molecule has 1 atom stereocenters. The van der Waals surface area contributed by atoms with Crippen LogP contribution in [0.15, 0.2) is 29.2 Å². The van der Waals surface area contributed by atoms with E-state index in [1.54, 1.807) is 24.3 Å². The van der Waals surface area contributed by atoms with Gasteiger partial charge in [0.1, 0.15) is 10.0 Å². The molecule has 0 amide bonds. The Morgan fingerprint density at radius 2 is 1.89 bits per heavy atom. The predicted octanol–water partition coefficient (Wildman–Crippen LogP) is 2.02. The van der Waals surface area contributed by atoms with Crippen molar-refractivity contribution in [3.05, 3.63) is 29.3 Å². The second-order valence-electron chi connectivity index (χ2n) is 4.26. The normalized spacial score (nSPS) is 13.4. The van der Waals surface area contributed by atoms with Crippen molar-refractivity contribution in [1.29, 1.82) is 0 Å². The molecule has 7 heteroatoms. The van der Waals surface area contributed by atoms with Gasteiger partial charge in [-0.15, -0.1) is 10.2 Å². The highest BCUT2D eigenvalue weighted by Crippen LogP contribution is 2.27. The summed E-state index contributed by atoms with van der Waals surface area (Å²) in [5, 5.41) is 9.69. The monoisotopic (exact) mass is 297 g/mol. The molecule has 0 aliphatic heterocycles. The van der Waals surface area contributed by atoms with Gasteiger partial charge in [-0.3, -0.25) is 0 Å². The molecule has 1 unspecified atom stereocenters. The minimum Gasteiger partial charge on any atom is -0.322 e. The van der Waals surface area contributed by atoms with Crippen molar-refractivity contribution in [2.45, 2.75) is 24.3 Å². The molecule has 1 aromatic carbocycles. The Hall–Kier alpha value is -1.31. The highest BCUT2D eigenvalue weighted by Gasteiger charge is 2.13. The first-order valence-electron chi connectivity index (χ1n) is 5.81. The number of nitrogens with zero attached hydrogens (tertiary/aromatic N) is 2. The second kappa shape index (κ2) is 5.36. The van der Waals surface area contributed by atoms with Crippen LogP contribution in [0.2, 0.25) is 0 Å². The van der Waals surface area contributed by atoms with Crippen LogP contribution in [-0.2, 0) is 9.84 Å². The smallest absolute Gasteiger partial charge is 0.175 e. The lowest BCUT2D eigenvalue weighted by Crippen LogP contribution is -2.07. The molecule has 0 aliphatic carbocycles. The van der Waals surface area contributed by atoms with Gasteiger partial charge in [0.05, 0.1) is 10.9 Å². The van der Waals surface area contributed by atoms with E-state index < -0.39 is 9.84 Å². The van der Waals surface area contributed by atoms with Gasteiger partial charge in [-0.1, -0.05) is 30.4 Å². The average Bonchev–Trinajstić information content (AvgIpc) is 2.86. The van der Waals surface area contributed by atoms with Crippen LogP contribution in [0.5, 0.6) is 0 Å². The first-order valence-corrected chi connectivity index (χ1v) is 8.52. The van der Waals surface area contributed by atoms with E-state index in [1.807, 2.05) is 6.92 Å². The number of rotatable bonds is 4. The summed E-state index contributed by atoms with van der Waals surface area (Å²) in [5.74, 6) is 0. The van der Waals surface area contributed by atoms with Crippen LogP contribution in [0.3, 0.4) is 0 Å². The summed E-state index contributed by atoms with van der Waals surface area (Å²) in [6.45, 7) is 1.99. The zero-order valence-electron chi connectivity index (χ0n) is 10.7. The van der Waals surface area contributed by atoms with E-state index in [1.165, 1.54) is 17.6 Å². The van der Waals surface area contributed by atoms with Crippen LogP contribution in [-0.4, -0.2) is 24.9 Å². The Labute approximate surface area is 116 Å². The van der Waals surface area contributed by atoms with Crippen molar-refractivity contribution in [2.75, 3.05) is 6.26 Å². The maximum atomic E-state index is 11.4. The van der Waals surface area contributed by atoms with E-state index >= 15 is 0 Å². The van der Waals surface area contributed by atoms with E-state index in [0.717, 1.165) is 22.0 Å². The van der Waals surface area contributed by atoms with E-state index in [9.17, 15) is 8.42 Å². The van der Waals surface area contributed by atoms with Crippen LogP contribution < -0.4 is 5.73 Å². The predicted molar refractivity (Wildman–Crippen MR) is 75.7 cm³/mol. The fourth-order valence-corrected chi connectivity index (χ4v) is 3.08. The van der Waals surface area contributed by atoms with Gasteiger partial charge < -0.3 is 5.73 Å². The Morgan fingerprint density at radius 3 is 2.42 bits per heavy atom. The first kappa shape index (κ1) is 14.1. The maximum absolute atomic E-state index is 11.4. The molecule has 2 aromatic rings. The SMILES string of the molecule is CCC(N)c1nnc(-c2ccc(S(C)(=O)=O)cc2)s1. The first-order chi connectivity index (χ1) is 8.91. The molecular weight excluding hydrogens is 282 g/mol. The molecule has 1 heterocycles. The molecule has 0 saturated carbocycles. The lowest BCUT2D eigenvalue weighted by atomic mass is 10.2. The molecule has 19 heavy (non-hydrogen) atoms. The number of benzene rings is 1. The standard InChI is InChI=1S/C12H15N3O2S2/c1-3-10(13)12-15-14-11(18-12)8-4-6-9(7-5-8)19(2,16)17/h4-7,10H,3,13H2,1-2H3. The summed E-state index contributed by atoms with van der Waals surface area (Å²) >= 11 is 1.44. The molecular formula is C12H15N3O2S2. The Kier molecular flexibility index (Phi) is 3.98. The molecule has 0 aliphatic rings. The number of aromatic nitrogens is 2. The highest BCUT2D eigenvalue weighted by atomic mass is 32.2. The fourth-order valence-electron chi connectivity index (χ4n) is 1.52. The summed E-state index contributed by atoms with van der Waals surface area (Å²) in [6.07, 6.45) is 1.99. The van der Waals surface area contributed by atoms with Crippen LogP contribution in [0.1, 0.15) is 24.4 Å². The Bertz CT molecular complexity index is 663. The molecule has 0 radical (unpaired) electrons. The van der Waals surface area contributed by atoms with E-state index in [4.69, 9.17) is 5.73 Å².